The Bertz CT molecular complexity index is 1380. The molecule has 0 fully saturated rings. The lowest BCUT2D eigenvalue weighted by atomic mass is 10.2. The second kappa shape index (κ2) is 8.82. The van der Waals surface area contributed by atoms with Crippen LogP contribution in [-0.4, -0.2) is 26.4 Å². The third-order valence-corrected chi connectivity index (χ3v) is 7.34. The number of furan rings is 1. The van der Waals surface area contributed by atoms with Gasteiger partial charge in [0.1, 0.15) is 5.02 Å². The summed E-state index contributed by atoms with van der Waals surface area (Å²) in [5.74, 6) is -0.133. The molecule has 0 atom stereocenters. The number of ether oxygens (including phenoxy) is 1. The van der Waals surface area contributed by atoms with Gasteiger partial charge in [-0.1, -0.05) is 35.3 Å². The number of hydrogen-bond acceptors (Lipinski definition) is 6. The van der Waals surface area contributed by atoms with Crippen LogP contribution in [0.4, 0.5) is 0 Å². The van der Waals surface area contributed by atoms with Crippen LogP contribution in [0.3, 0.4) is 0 Å². The van der Waals surface area contributed by atoms with E-state index in [1.807, 2.05) is 0 Å². The fraction of sp³-hybridized carbons (Fsp3) is 0.0909. The first-order chi connectivity index (χ1) is 15.3. The molecule has 4 rings (SSSR count). The lowest BCUT2D eigenvalue weighted by molar-refractivity contribution is 0.0925. The number of sulfone groups is 1. The van der Waals surface area contributed by atoms with Crippen LogP contribution in [0.2, 0.25) is 10.0 Å². The average molecular weight is 491 g/mol. The molecule has 4 aromatic rings. The lowest BCUT2D eigenvalue weighted by Gasteiger charge is -2.12. The first kappa shape index (κ1) is 22.1. The van der Waals surface area contributed by atoms with E-state index in [9.17, 15) is 13.2 Å². The third-order valence-electron chi connectivity index (χ3n) is 4.74. The Morgan fingerprint density at radius 1 is 1.12 bits per heavy atom. The molecule has 0 radical (unpaired) electrons. The summed E-state index contributed by atoms with van der Waals surface area (Å²) >= 11 is 12.2. The Kier molecular flexibility index (Phi) is 6.10. The van der Waals surface area contributed by atoms with Gasteiger partial charge in [0.15, 0.2) is 17.1 Å². The quantitative estimate of drug-likeness (QED) is 0.412. The minimum Gasteiger partial charge on any atom is -0.494 e. The van der Waals surface area contributed by atoms with Crippen LogP contribution in [0.5, 0.6) is 5.75 Å². The van der Waals surface area contributed by atoms with E-state index in [2.05, 4.69) is 10.3 Å². The predicted octanol–water partition coefficient (Wildman–Crippen LogP) is 4.91. The van der Waals surface area contributed by atoms with Gasteiger partial charge < -0.3 is 14.5 Å². The van der Waals surface area contributed by atoms with Gasteiger partial charge in [0, 0.05) is 18.1 Å². The number of rotatable bonds is 6. The first-order valence-electron chi connectivity index (χ1n) is 9.29. The molecule has 0 aliphatic heterocycles. The summed E-state index contributed by atoms with van der Waals surface area (Å²) in [4.78, 5) is 16.3. The molecule has 2 heterocycles. The molecule has 10 heteroatoms. The summed E-state index contributed by atoms with van der Waals surface area (Å²) < 4.78 is 36.6. The maximum Gasteiger partial charge on any atom is 0.287 e. The smallest absolute Gasteiger partial charge is 0.287 e. The highest BCUT2D eigenvalue weighted by atomic mass is 35.5. The van der Waals surface area contributed by atoms with E-state index >= 15 is 0 Å². The van der Waals surface area contributed by atoms with Crippen molar-refractivity contribution >= 4 is 49.9 Å². The molecule has 7 nitrogen and oxygen atoms in total. The van der Waals surface area contributed by atoms with Gasteiger partial charge in [-0.2, -0.15) is 0 Å². The van der Waals surface area contributed by atoms with Crippen molar-refractivity contribution in [3.63, 3.8) is 0 Å². The van der Waals surface area contributed by atoms with E-state index in [1.165, 1.54) is 37.6 Å². The molecular formula is C22H16Cl2N2O5S. The molecule has 1 N–H and O–H groups in total. The van der Waals surface area contributed by atoms with Crippen molar-refractivity contribution in [2.45, 2.75) is 16.3 Å². The molecule has 164 valence electrons. The molecule has 0 aliphatic rings. The number of hydrogen-bond donors (Lipinski definition) is 1. The van der Waals surface area contributed by atoms with Gasteiger partial charge in [0.05, 0.1) is 28.1 Å². The minimum atomic E-state index is -3.90. The van der Waals surface area contributed by atoms with E-state index < -0.39 is 15.7 Å². The van der Waals surface area contributed by atoms with Crippen LogP contribution < -0.4 is 10.1 Å². The van der Waals surface area contributed by atoms with Gasteiger partial charge in [-0.25, -0.2) is 8.42 Å². The van der Waals surface area contributed by atoms with E-state index in [0.717, 1.165) is 5.39 Å². The van der Waals surface area contributed by atoms with Crippen molar-refractivity contribution in [2.24, 2.45) is 0 Å². The molecule has 2 aromatic carbocycles. The monoisotopic (exact) mass is 490 g/mol. The maximum atomic E-state index is 13.0. The number of methoxy groups -OCH3 is 1. The Morgan fingerprint density at radius 3 is 2.56 bits per heavy atom. The number of aromatic nitrogens is 1. The molecular weight excluding hydrogens is 475 g/mol. The Hall–Kier alpha value is -3.07. The molecule has 1 amide bonds. The minimum absolute atomic E-state index is 0.0450. The fourth-order valence-corrected chi connectivity index (χ4v) is 5.24. The molecule has 0 saturated carbocycles. The number of fused-ring (bicyclic) bond motifs is 1. The third kappa shape index (κ3) is 4.17. The number of carbonyl (C=O) groups excluding carboxylic acids is 1. The highest BCUT2D eigenvalue weighted by molar-refractivity contribution is 7.91. The van der Waals surface area contributed by atoms with Crippen LogP contribution >= 0.6 is 23.2 Å². The van der Waals surface area contributed by atoms with E-state index in [1.54, 1.807) is 30.5 Å². The van der Waals surface area contributed by atoms with Crippen molar-refractivity contribution in [3.8, 4) is 5.75 Å². The number of benzene rings is 2. The van der Waals surface area contributed by atoms with E-state index in [4.69, 9.17) is 32.4 Å². The van der Waals surface area contributed by atoms with E-state index in [0.29, 0.717) is 11.1 Å². The molecule has 0 aliphatic carbocycles. The Morgan fingerprint density at radius 2 is 1.88 bits per heavy atom. The van der Waals surface area contributed by atoms with Gasteiger partial charge in [-0.05, 0) is 42.0 Å². The number of nitrogens with zero attached hydrogens (tertiary/aromatic N) is 1. The molecule has 2 aromatic heterocycles. The van der Waals surface area contributed by atoms with Gasteiger partial charge in [-0.15, -0.1) is 0 Å². The SMILES string of the molecule is COc1c(Cl)ccc(S(=O)(=O)c2ccc(CNC(=O)c3cc4ccncc4o3)cc2)c1Cl. The van der Waals surface area contributed by atoms with E-state index in [-0.39, 0.29) is 37.9 Å². The average Bonchev–Trinajstić information content (AvgIpc) is 3.22. The number of pyridine rings is 1. The number of carbonyl (C=O) groups is 1. The Balaban J connectivity index is 1.50. The summed E-state index contributed by atoms with van der Waals surface area (Å²) in [6, 6.07) is 12.2. The van der Waals surface area contributed by atoms with Crippen LogP contribution in [0, 0.1) is 0 Å². The molecule has 0 unspecified atom stereocenters. The van der Waals surface area contributed by atoms with Crippen LogP contribution in [0.25, 0.3) is 11.0 Å². The van der Waals surface area contributed by atoms with Gasteiger partial charge in [-0.3, -0.25) is 9.78 Å². The second-order valence-corrected chi connectivity index (χ2v) is 9.45. The predicted molar refractivity (Wildman–Crippen MR) is 120 cm³/mol. The van der Waals surface area contributed by atoms with Crippen molar-refractivity contribution in [1.29, 1.82) is 0 Å². The lowest BCUT2D eigenvalue weighted by Crippen LogP contribution is -2.22. The summed E-state index contributed by atoms with van der Waals surface area (Å²) in [5, 5.41) is 3.64. The van der Waals surface area contributed by atoms with Crippen molar-refractivity contribution in [1.82, 2.24) is 10.3 Å². The van der Waals surface area contributed by atoms with Gasteiger partial charge >= 0.3 is 0 Å². The highest BCUT2D eigenvalue weighted by Crippen LogP contribution is 2.39. The Labute approximate surface area is 193 Å². The fourth-order valence-electron chi connectivity index (χ4n) is 3.09. The second-order valence-electron chi connectivity index (χ2n) is 6.75. The van der Waals surface area contributed by atoms with Crippen molar-refractivity contribution < 1.29 is 22.4 Å². The first-order valence-corrected chi connectivity index (χ1v) is 11.5. The van der Waals surface area contributed by atoms with Crippen LogP contribution in [0.1, 0.15) is 16.1 Å². The number of nitrogens with one attached hydrogen (secondary N) is 1. The maximum absolute atomic E-state index is 13.0. The summed E-state index contributed by atoms with van der Waals surface area (Å²) in [7, 11) is -2.55. The van der Waals surface area contributed by atoms with Gasteiger partial charge in [0.25, 0.3) is 5.91 Å². The molecule has 0 saturated heterocycles. The number of amides is 1. The van der Waals surface area contributed by atoms with Crippen molar-refractivity contribution in [2.75, 3.05) is 7.11 Å². The zero-order valence-electron chi connectivity index (χ0n) is 16.6. The normalized spacial score (nSPS) is 11.5. The largest absolute Gasteiger partial charge is 0.494 e. The molecule has 0 bridgehead atoms. The zero-order valence-corrected chi connectivity index (χ0v) is 19.0. The molecule has 0 spiro atoms. The summed E-state index contributed by atoms with van der Waals surface area (Å²) in [6.07, 6.45) is 3.15. The molecule has 32 heavy (non-hydrogen) atoms. The highest BCUT2D eigenvalue weighted by Gasteiger charge is 2.24. The van der Waals surface area contributed by atoms with Crippen LogP contribution in [0.15, 0.2) is 75.1 Å². The summed E-state index contributed by atoms with van der Waals surface area (Å²) in [5.41, 5.74) is 1.22. The standard InChI is InChI=1S/C22H16Cl2N2O5S/c1-30-21-16(23)6-7-19(20(21)24)32(28,29)15-4-2-13(3-5-15)11-26-22(27)17-10-14-8-9-25-12-18(14)31-17/h2-10,12H,11H2,1H3,(H,26,27). The van der Waals surface area contributed by atoms with Crippen LogP contribution in [-0.2, 0) is 16.4 Å². The number of halogens is 2. The van der Waals surface area contributed by atoms with Gasteiger partial charge in [0.2, 0.25) is 9.84 Å². The zero-order chi connectivity index (χ0) is 22.9. The topological polar surface area (TPSA) is 98.5 Å². The van der Waals surface area contributed by atoms with Crippen molar-refractivity contribution in [3.05, 3.63) is 82.3 Å². The summed E-state index contributed by atoms with van der Waals surface area (Å²) in [6.45, 7) is 0.185.